The molecule has 2 amide bonds. The molecule has 3 N–H and O–H groups in total. The van der Waals surface area contributed by atoms with Gasteiger partial charge in [0.1, 0.15) is 6.54 Å². The number of aliphatic hydroxyl groups is 1. The number of nitrogens with zero attached hydrogens (tertiary/aromatic N) is 1. The van der Waals surface area contributed by atoms with Crippen molar-refractivity contribution in [2.75, 3.05) is 13.1 Å². The first kappa shape index (κ1) is 35.8. The van der Waals surface area contributed by atoms with E-state index >= 15 is 0 Å². The fraction of sp³-hybridized carbons (Fsp3) is 0.707. The van der Waals surface area contributed by atoms with E-state index in [-0.39, 0.29) is 75.7 Å². The van der Waals surface area contributed by atoms with Gasteiger partial charge in [-0.2, -0.15) is 0 Å². The molecule has 5 aliphatic rings. The van der Waals surface area contributed by atoms with Crippen LogP contribution in [-0.2, 0) is 25.7 Å². The number of carbonyl (C=O) groups is 4. The number of allylic oxidation sites excluding steroid dienone is 2. The van der Waals surface area contributed by atoms with Gasteiger partial charge in [0, 0.05) is 17.9 Å². The van der Waals surface area contributed by atoms with Gasteiger partial charge < -0.3 is 20.4 Å². The van der Waals surface area contributed by atoms with Crippen LogP contribution in [0.25, 0.3) is 0 Å². The molecule has 0 radical (unpaired) electrons. The van der Waals surface area contributed by atoms with E-state index in [2.05, 4.69) is 46.9 Å². The lowest BCUT2D eigenvalue weighted by atomic mass is 9.33. The van der Waals surface area contributed by atoms with E-state index in [0.717, 1.165) is 50.5 Å². The zero-order valence-electron chi connectivity index (χ0n) is 30.7. The summed E-state index contributed by atoms with van der Waals surface area (Å²) in [5.74, 6) is -1.26. The Balaban J connectivity index is 1.34. The fourth-order valence-corrected chi connectivity index (χ4v) is 12.2. The highest BCUT2D eigenvalue weighted by molar-refractivity contribution is 5.96. The summed E-state index contributed by atoms with van der Waals surface area (Å²) in [6.07, 6.45) is 9.43. The Kier molecular flexibility index (Phi) is 8.81. The molecule has 1 aromatic carbocycles. The van der Waals surface area contributed by atoms with Crippen LogP contribution in [0.15, 0.2) is 42.0 Å². The number of fused-ring (bicyclic) bond motifs is 7. The highest BCUT2D eigenvalue weighted by atomic mass is 16.4. The van der Waals surface area contributed by atoms with Crippen molar-refractivity contribution < 1.29 is 29.4 Å². The predicted octanol–water partition coefficient (Wildman–Crippen LogP) is 6.56. The number of nitrogens with one attached hydrogen (secondary N) is 1. The van der Waals surface area contributed by atoms with Crippen LogP contribution in [0.4, 0.5) is 0 Å². The van der Waals surface area contributed by atoms with Gasteiger partial charge in [-0.15, -0.1) is 0 Å². The zero-order chi connectivity index (χ0) is 35.8. The van der Waals surface area contributed by atoms with Crippen molar-refractivity contribution in [2.45, 2.75) is 119 Å². The number of rotatable bonds is 7. The van der Waals surface area contributed by atoms with Gasteiger partial charge in [0.15, 0.2) is 5.78 Å². The van der Waals surface area contributed by atoms with Gasteiger partial charge in [-0.1, -0.05) is 84.4 Å². The first-order valence-electron chi connectivity index (χ1n) is 18.6. The molecule has 9 atom stereocenters. The van der Waals surface area contributed by atoms with Gasteiger partial charge >= 0.3 is 5.97 Å². The molecule has 49 heavy (non-hydrogen) atoms. The van der Waals surface area contributed by atoms with Gasteiger partial charge in [-0.05, 0) is 108 Å². The van der Waals surface area contributed by atoms with Crippen molar-refractivity contribution >= 4 is 23.6 Å². The summed E-state index contributed by atoms with van der Waals surface area (Å²) in [6, 6.07) is 9.59. The van der Waals surface area contributed by atoms with Crippen molar-refractivity contribution in [1.82, 2.24) is 10.2 Å². The Hall–Kier alpha value is -3.00. The summed E-state index contributed by atoms with van der Waals surface area (Å²) in [5.41, 5.74) is 0.508. The molecule has 0 unspecified atom stereocenters. The van der Waals surface area contributed by atoms with Gasteiger partial charge in [0.05, 0.1) is 12.6 Å². The fourth-order valence-electron chi connectivity index (χ4n) is 12.2. The molecule has 268 valence electrons. The van der Waals surface area contributed by atoms with Gasteiger partial charge in [-0.3, -0.25) is 19.2 Å². The van der Waals surface area contributed by atoms with E-state index < -0.39 is 23.8 Å². The van der Waals surface area contributed by atoms with Crippen molar-refractivity contribution in [3.8, 4) is 0 Å². The van der Waals surface area contributed by atoms with Crippen LogP contribution in [0.5, 0.6) is 0 Å². The lowest BCUT2D eigenvalue weighted by Crippen LogP contribution is -2.66. The second kappa shape index (κ2) is 12.1. The molecule has 8 nitrogen and oxygen atoms in total. The van der Waals surface area contributed by atoms with E-state index in [4.69, 9.17) is 5.11 Å². The number of aliphatic hydroxyl groups excluding tert-OH is 1. The van der Waals surface area contributed by atoms with Crippen molar-refractivity contribution in [1.29, 1.82) is 0 Å². The van der Waals surface area contributed by atoms with Gasteiger partial charge in [0.2, 0.25) is 11.8 Å². The third kappa shape index (κ3) is 5.59. The molecule has 0 aliphatic heterocycles. The van der Waals surface area contributed by atoms with Crippen molar-refractivity contribution in [3.63, 3.8) is 0 Å². The summed E-state index contributed by atoms with van der Waals surface area (Å²) in [7, 11) is 0. The smallest absolute Gasteiger partial charge is 0.322 e. The van der Waals surface area contributed by atoms with Crippen LogP contribution in [0.2, 0.25) is 0 Å². The number of hydrogen-bond acceptors (Lipinski definition) is 5. The number of hydrogen-bond donors (Lipinski definition) is 3. The molecule has 0 saturated heterocycles. The minimum Gasteiger partial charge on any atom is -0.480 e. The van der Waals surface area contributed by atoms with Gasteiger partial charge in [-0.25, -0.2) is 0 Å². The third-order valence-corrected chi connectivity index (χ3v) is 15.3. The molecule has 4 saturated carbocycles. The molecule has 5 aliphatic carbocycles. The summed E-state index contributed by atoms with van der Waals surface area (Å²) in [5, 5.41) is 22.6. The Bertz CT molecular complexity index is 1550. The minimum absolute atomic E-state index is 0.0320. The average molecular weight is 675 g/mol. The predicted molar refractivity (Wildman–Crippen MR) is 188 cm³/mol. The summed E-state index contributed by atoms with van der Waals surface area (Å²) in [4.78, 5) is 55.0. The molecule has 1 aromatic rings. The lowest BCUT2D eigenvalue weighted by molar-refractivity contribution is -0.202. The van der Waals surface area contributed by atoms with Crippen LogP contribution < -0.4 is 5.32 Å². The third-order valence-electron chi connectivity index (χ3n) is 15.3. The average Bonchev–Trinajstić information content (AvgIpc) is 3.03. The molecular formula is C41H58N2O6. The minimum atomic E-state index is -1.13. The maximum absolute atomic E-state index is 14.7. The Morgan fingerprint density at radius 1 is 0.898 bits per heavy atom. The topological polar surface area (TPSA) is 124 Å². The van der Waals surface area contributed by atoms with E-state index in [0.29, 0.717) is 12.8 Å². The Labute approximate surface area is 292 Å². The maximum Gasteiger partial charge on any atom is 0.322 e. The number of aliphatic carboxylic acids is 1. The molecule has 0 spiro atoms. The SMILES string of the molecule is CC1(C)[C@@H](O)CC[C@]2(C)[C@H]3C(=O)C=C4[C@@H]5C[C@@](C)(C(=O)N(CC(=O)NCC(=O)O)Cc6ccccc6)CC[C@]5(C)CC[C@@]4(C)[C@]3(C)CC[C@@H]12. The maximum atomic E-state index is 14.7. The van der Waals surface area contributed by atoms with Crippen LogP contribution in [0.3, 0.4) is 0 Å². The number of ketones is 1. The van der Waals surface area contributed by atoms with E-state index in [1.807, 2.05) is 43.3 Å². The molecule has 0 aromatic heterocycles. The van der Waals surface area contributed by atoms with E-state index in [1.54, 1.807) is 4.90 Å². The lowest BCUT2D eigenvalue weighted by Gasteiger charge is -2.70. The highest BCUT2D eigenvalue weighted by Crippen LogP contribution is 2.75. The van der Waals surface area contributed by atoms with Crippen LogP contribution >= 0.6 is 0 Å². The Morgan fingerprint density at radius 3 is 2.24 bits per heavy atom. The normalized spacial score (nSPS) is 40.8. The first-order valence-corrected chi connectivity index (χ1v) is 18.6. The second-order valence-electron chi connectivity index (χ2n) is 18.4. The van der Waals surface area contributed by atoms with E-state index in [9.17, 15) is 24.3 Å². The van der Waals surface area contributed by atoms with Crippen LogP contribution in [0.1, 0.15) is 112 Å². The second-order valence-corrected chi connectivity index (χ2v) is 18.4. The standard InChI is InChI=1S/C41H58N2O6/c1-36(2)30-13-16-41(7)34(39(30,5)15-14-31(36)45)29(44)21-27-28-22-38(4,18-17-37(28,3)19-20-40(27,41)6)35(49)43(24-26-11-9-8-10-12-26)25-32(46)42-23-33(47)48/h8-12,21,28,30-31,34,45H,13-20,22-25H2,1-7H3,(H,42,46)(H,47,48)/t28-,30-,31-,34+,37+,38-,39-,40+,41+/m0/s1. The van der Waals surface area contributed by atoms with Crippen molar-refractivity contribution in [3.05, 3.63) is 47.5 Å². The molecule has 8 heteroatoms. The quantitative estimate of drug-likeness (QED) is 0.301. The van der Waals surface area contributed by atoms with Crippen molar-refractivity contribution in [2.24, 2.45) is 50.2 Å². The molecule has 0 heterocycles. The number of amides is 2. The largest absolute Gasteiger partial charge is 0.480 e. The molecule has 0 bridgehead atoms. The van der Waals surface area contributed by atoms with E-state index in [1.165, 1.54) is 5.57 Å². The zero-order valence-corrected chi connectivity index (χ0v) is 30.7. The van der Waals surface area contributed by atoms with Crippen LogP contribution in [-0.4, -0.2) is 57.9 Å². The Morgan fingerprint density at radius 2 is 1.57 bits per heavy atom. The summed E-state index contributed by atoms with van der Waals surface area (Å²) < 4.78 is 0. The monoisotopic (exact) mass is 674 g/mol. The molecule has 4 fully saturated rings. The number of carboxylic acid groups (broad SMARTS) is 1. The number of carboxylic acids is 1. The first-order chi connectivity index (χ1) is 22.8. The molecular weight excluding hydrogens is 616 g/mol. The van der Waals surface area contributed by atoms with Gasteiger partial charge in [0.25, 0.3) is 0 Å². The van der Waals surface area contributed by atoms with Crippen LogP contribution in [0, 0.1) is 50.2 Å². The number of benzene rings is 1. The highest BCUT2D eigenvalue weighted by Gasteiger charge is 2.70. The number of carbonyl (C=O) groups excluding carboxylic acids is 3. The summed E-state index contributed by atoms with van der Waals surface area (Å²) in [6.45, 7) is 15.4. The molecule has 6 rings (SSSR count). The summed E-state index contributed by atoms with van der Waals surface area (Å²) >= 11 is 0.